The van der Waals surface area contributed by atoms with E-state index in [1.54, 1.807) is 6.07 Å². The minimum Gasteiger partial charge on any atom is -0.507 e. The predicted molar refractivity (Wildman–Crippen MR) is 222 cm³/mol. The number of anilines is 1. The number of likely N-dealkylation sites (tertiary alicyclic amines) is 1. The van der Waals surface area contributed by atoms with Crippen molar-refractivity contribution in [2.45, 2.75) is 49.9 Å². The van der Waals surface area contributed by atoms with Crippen molar-refractivity contribution in [3.8, 4) is 5.75 Å². The van der Waals surface area contributed by atoms with Gasteiger partial charge in [-0.15, -0.1) is 0 Å². The monoisotopic (exact) mass is 786 g/mol. The fourth-order valence-corrected chi connectivity index (χ4v) is 9.20. The molecule has 0 bridgehead atoms. The summed E-state index contributed by atoms with van der Waals surface area (Å²) in [6.07, 6.45) is 7.59. The van der Waals surface area contributed by atoms with E-state index in [1.807, 2.05) is 77.8 Å². The van der Waals surface area contributed by atoms with Gasteiger partial charge in [-0.2, -0.15) is 0 Å². The lowest BCUT2D eigenvalue weighted by atomic mass is 9.71. The molecule has 5 heterocycles. The number of para-hydroxylation sites is 1. The van der Waals surface area contributed by atoms with Gasteiger partial charge in [-0.25, -0.2) is 0 Å². The van der Waals surface area contributed by atoms with Crippen molar-refractivity contribution in [2.24, 2.45) is 0 Å². The van der Waals surface area contributed by atoms with Gasteiger partial charge in [-0.3, -0.25) is 29.4 Å². The first-order chi connectivity index (χ1) is 28.3. The lowest BCUT2D eigenvalue weighted by Gasteiger charge is -2.46. The maximum absolute atomic E-state index is 14.6. The van der Waals surface area contributed by atoms with Crippen molar-refractivity contribution in [1.82, 2.24) is 35.8 Å². The van der Waals surface area contributed by atoms with E-state index in [-0.39, 0.29) is 35.3 Å². The summed E-state index contributed by atoms with van der Waals surface area (Å²) in [5.41, 5.74) is 11.3. The van der Waals surface area contributed by atoms with E-state index in [1.165, 1.54) is 0 Å². The van der Waals surface area contributed by atoms with E-state index >= 15 is 0 Å². The number of amides is 4. The average Bonchev–Trinajstić information content (AvgIpc) is 3.27. The van der Waals surface area contributed by atoms with Gasteiger partial charge in [0.05, 0.1) is 22.7 Å². The van der Waals surface area contributed by atoms with Gasteiger partial charge in [0.2, 0.25) is 23.6 Å². The molecule has 0 saturated carbocycles. The van der Waals surface area contributed by atoms with Crippen LogP contribution in [0.1, 0.15) is 61.1 Å². The molecule has 4 saturated heterocycles. The molecule has 5 aliphatic heterocycles. The van der Waals surface area contributed by atoms with E-state index in [0.717, 1.165) is 86.0 Å². The number of nitrogens with one attached hydrogen (secondary N) is 3. The molecule has 4 amide bonds. The van der Waals surface area contributed by atoms with Crippen LogP contribution in [0.2, 0.25) is 0 Å². The highest BCUT2D eigenvalue weighted by atomic mass is 16.3. The third-order valence-corrected chi connectivity index (χ3v) is 12.7. The molecule has 5 aliphatic rings. The zero-order valence-corrected chi connectivity index (χ0v) is 33.1. The van der Waals surface area contributed by atoms with Crippen LogP contribution in [0.25, 0.3) is 5.70 Å². The number of phenols is 1. The van der Waals surface area contributed by atoms with Crippen molar-refractivity contribution in [2.75, 3.05) is 76.9 Å². The molecule has 13 heteroatoms. The Balaban J connectivity index is 0.791. The second-order valence-electron chi connectivity index (χ2n) is 16.0. The van der Waals surface area contributed by atoms with Crippen LogP contribution in [0, 0.1) is 0 Å². The Kier molecular flexibility index (Phi) is 11.7. The molecule has 1 atom stereocenters. The van der Waals surface area contributed by atoms with Gasteiger partial charge < -0.3 is 35.6 Å². The molecule has 0 unspecified atom stereocenters. The number of piperidine rings is 2. The summed E-state index contributed by atoms with van der Waals surface area (Å²) in [5.74, 6) is -0.105. The van der Waals surface area contributed by atoms with Gasteiger partial charge in [0.25, 0.3) is 0 Å². The normalized spacial score (nSPS) is 21.3. The van der Waals surface area contributed by atoms with Crippen LogP contribution in [0.15, 0.2) is 96.8 Å². The Hall–Kier alpha value is -5.82. The van der Waals surface area contributed by atoms with Crippen LogP contribution < -0.4 is 21.1 Å². The molecule has 0 aromatic heterocycles. The van der Waals surface area contributed by atoms with Gasteiger partial charge in [-0.1, -0.05) is 54.6 Å². The average molecular weight is 787 g/mol. The standard InChI is InChI=1S/C45H54N8O5/c54-40-10-5-4-9-38(40)39-31-36(32-46-48-39)50-21-18-45(19-22-50,34-7-2-1-3-8-34)44(58)53-25-23-49(24-26-53)20-6-11-42(56)52-29-27-51(28-30-52)35-14-12-33(13-15-35)37-16-17-41(55)47-43(37)57/h1-5,7-10,12-15,31-32,37,46,48,54H,6,11,16-30H2,(H,47,55,57)/t37-/m1/s1. The summed E-state index contributed by atoms with van der Waals surface area (Å²) in [6, 6.07) is 25.6. The number of phenolic OH excluding ortho intramolecular Hbond substituents is 1. The summed E-state index contributed by atoms with van der Waals surface area (Å²) in [4.78, 5) is 62.6. The molecular formula is C45H54N8O5. The Morgan fingerprint density at radius 1 is 0.759 bits per heavy atom. The summed E-state index contributed by atoms with van der Waals surface area (Å²) in [6.45, 7) is 8.09. The number of nitrogens with zero attached hydrogens (tertiary/aromatic N) is 5. The fourth-order valence-electron chi connectivity index (χ4n) is 9.20. The lowest BCUT2D eigenvalue weighted by Crippen LogP contribution is -2.57. The number of imide groups is 1. The Morgan fingerprint density at radius 3 is 2.16 bits per heavy atom. The highest BCUT2D eigenvalue weighted by Crippen LogP contribution is 2.39. The maximum atomic E-state index is 14.6. The van der Waals surface area contributed by atoms with Gasteiger partial charge in [0.15, 0.2) is 0 Å². The van der Waals surface area contributed by atoms with Crippen molar-refractivity contribution in [1.29, 1.82) is 0 Å². The van der Waals surface area contributed by atoms with Gasteiger partial charge in [0, 0.05) is 95.7 Å². The molecule has 3 aromatic rings. The maximum Gasteiger partial charge on any atom is 0.234 e. The zero-order chi connectivity index (χ0) is 40.1. The van der Waals surface area contributed by atoms with Crippen molar-refractivity contribution < 1.29 is 24.3 Å². The predicted octanol–water partition coefficient (Wildman–Crippen LogP) is 3.51. The molecular weight excluding hydrogens is 733 g/mol. The van der Waals surface area contributed by atoms with Gasteiger partial charge in [0.1, 0.15) is 5.75 Å². The van der Waals surface area contributed by atoms with Crippen LogP contribution >= 0.6 is 0 Å². The van der Waals surface area contributed by atoms with Crippen LogP contribution in [0.5, 0.6) is 5.75 Å². The van der Waals surface area contributed by atoms with E-state index in [4.69, 9.17) is 0 Å². The smallest absolute Gasteiger partial charge is 0.234 e. The number of allylic oxidation sites excluding steroid dienone is 1. The molecule has 13 nitrogen and oxygen atoms in total. The SMILES string of the molecule is O=C1CC[C@H](c2ccc(N3CCN(C(=O)CCCN4CCN(C(=O)C5(c6ccccc6)CCN(C6=CNNC(c7ccccc7O)=C6)CC5)CC4)CC3)cc2)C(=O)N1. The van der Waals surface area contributed by atoms with Crippen LogP contribution in [0.3, 0.4) is 0 Å². The van der Waals surface area contributed by atoms with Crippen LogP contribution in [0.4, 0.5) is 5.69 Å². The molecule has 0 spiro atoms. The number of benzene rings is 3. The summed E-state index contributed by atoms with van der Waals surface area (Å²) in [7, 11) is 0. The number of aromatic hydroxyl groups is 1. The summed E-state index contributed by atoms with van der Waals surface area (Å²) >= 11 is 0. The van der Waals surface area contributed by atoms with E-state index in [2.05, 4.69) is 47.9 Å². The van der Waals surface area contributed by atoms with Gasteiger partial charge >= 0.3 is 0 Å². The Labute approximate surface area is 340 Å². The van der Waals surface area contributed by atoms with Crippen molar-refractivity contribution in [3.05, 3.63) is 114 Å². The summed E-state index contributed by atoms with van der Waals surface area (Å²) in [5, 5.41) is 12.9. The summed E-state index contributed by atoms with van der Waals surface area (Å²) < 4.78 is 0. The minimum atomic E-state index is -0.596. The van der Waals surface area contributed by atoms with Crippen molar-refractivity contribution >= 4 is 35.0 Å². The van der Waals surface area contributed by atoms with Crippen LogP contribution in [-0.2, 0) is 24.6 Å². The molecule has 4 N–H and O–H groups in total. The van der Waals surface area contributed by atoms with E-state index < -0.39 is 5.41 Å². The molecule has 3 aromatic carbocycles. The molecule has 0 aliphatic carbocycles. The number of piperazine rings is 2. The first kappa shape index (κ1) is 39.0. The first-order valence-corrected chi connectivity index (χ1v) is 20.8. The largest absolute Gasteiger partial charge is 0.507 e. The van der Waals surface area contributed by atoms with Gasteiger partial charge in [-0.05, 0) is 73.7 Å². The van der Waals surface area contributed by atoms with Crippen LogP contribution in [-0.4, -0.2) is 120 Å². The number of rotatable bonds is 10. The first-order valence-electron chi connectivity index (χ1n) is 20.8. The molecule has 58 heavy (non-hydrogen) atoms. The molecule has 0 radical (unpaired) electrons. The molecule has 8 rings (SSSR count). The second kappa shape index (κ2) is 17.4. The third kappa shape index (κ3) is 8.40. The number of hydrazine groups is 1. The molecule has 304 valence electrons. The number of hydrogen-bond acceptors (Lipinski definition) is 10. The zero-order valence-electron chi connectivity index (χ0n) is 33.1. The minimum absolute atomic E-state index is 0.193. The quantitative estimate of drug-likeness (QED) is 0.226. The highest BCUT2D eigenvalue weighted by molar-refractivity contribution is 6.01. The number of carbonyl (C=O) groups excluding carboxylic acids is 4. The fraction of sp³-hybridized carbons (Fsp3) is 0.422. The Morgan fingerprint density at radius 2 is 1.45 bits per heavy atom. The lowest BCUT2D eigenvalue weighted by molar-refractivity contribution is -0.141. The van der Waals surface area contributed by atoms with E-state index in [0.29, 0.717) is 58.3 Å². The second-order valence-corrected chi connectivity index (χ2v) is 16.0. The molecule has 4 fully saturated rings. The Bertz CT molecular complexity index is 2030. The highest BCUT2D eigenvalue weighted by Gasteiger charge is 2.46. The topological polar surface area (TPSA) is 141 Å². The van der Waals surface area contributed by atoms with E-state index in [9.17, 15) is 24.3 Å². The number of hydrogen-bond donors (Lipinski definition) is 4. The third-order valence-electron chi connectivity index (χ3n) is 12.7. The van der Waals surface area contributed by atoms with Crippen molar-refractivity contribution in [3.63, 3.8) is 0 Å². The number of carbonyl (C=O) groups is 4.